The minimum atomic E-state index is -0.257. The lowest BCUT2D eigenvalue weighted by atomic mass is 9.69. The van der Waals surface area contributed by atoms with E-state index < -0.39 is 0 Å². The number of ether oxygens (including phenoxy) is 3. The van der Waals surface area contributed by atoms with E-state index in [4.69, 9.17) is 18.7 Å². The Morgan fingerprint density at radius 1 is 0.400 bits per heavy atom. The number of aromatic nitrogens is 1. The quantitative estimate of drug-likeness (QED) is 0.0377. The second-order valence-electron chi connectivity index (χ2n) is 29.2. The van der Waals surface area contributed by atoms with E-state index in [1.54, 1.807) is 84.9 Å². The van der Waals surface area contributed by atoms with Gasteiger partial charge in [0.1, 0.15) is 77.3 Å². The van der Waals surface area contributed by atoms with Gasteiger partial charge < -0.3 is 49.4 Å². The van der Waals surface area contributed by atoms with Crippen molar-refractivity contribution in [1.82, 2.24) is 19.9 Å². The predicted octanol–water partition coefficient (Wildman–Crippen LogP) is 17.8. The van der Waals surface area contributed by atoms with Crippen LogP contribution in [0.25, 0.3) is 33.7 Å². The monoisotopic (exact) mass is 1420 g/mol. The number of likely N-dealkylation sites (tertiary alicyclic amines) is 3. The van der Waals surface area contributed by atoms with Crippen LogP contribution in [0.1, 0.15) is 115 Å². The molecule has 6 N–H and O–H groups in total. The van der Waals surface area contributed by atoms with Crippen molar-refractivity contribution in [2.24, 2.45) is 17.8 Å². The zero-order valence-electron chi connectivity index (χ0n) is 59.9. The van der Waals surface area contributed by atoms with E-state index >= 15 is 0 Å². The van der Waals surface area contributed by atoms with Crippen LogP contribution in [-0.2, 0) is 12.8 Å². The number of hydrogen-bond acceptors (Lipinski definition) is 14. The molecular weight excluding hydrogens is 1330 g/mol. The summed E-state index contributed by atoms with van der Waals surface area (Å²) < 4.78 is 62.9. The minimum Gasteiger partial charge on any atom is -0.508 e. The largest absolute Gasteiger partial charge is 0.508 e. The Kier molecular flexibility index (Phi) is 23.7. The summed E-state index contributed by atoms with van der Waals surface area (Å²) in [6.45, 7) is 12.6. The number of rotatable bonds is 22. The summed E-state index contributed by atoms with van der Waals surface area (Å²) in [5.74, 6) is 5.76. The summed E-state index contributed by atoms with van der Waals surface area (Å²) in [5.41, 5.74) is 13.6. The lowest BCUT2D eigenvalue weighted by molar-refractivity contribution is 0.165. The first-order chi connectivity index (χ1) is 51.0. The topological polar surface area (TPSA) is 185 Å². The highest BCUT2D eigenvalue weighted by Crippen LogP contribution is 2.51. The molecule has 10 aromatic rings. The molecule has 17 heteroatoms. The summed E-state index contributed by atoms with van der Waals surface area (Å²) >= 11 is 0. The number of phenols is 6. The SMILES string of the molecule is C[C@@H](COc1ccc(-c2c(-c3ccc(O)cc3)noc2-c2ccc(O)cc2)cc1)N1CC[C@@H](CF)C1.C[C@@H](COc1ccc([C@@H]2c3ccc(O)cc3CC[C@@H]2c2ccc(O)cc2)cc1)N1CC[C@@H](CF)C1.C[C@@H](COc1ccc([C@@H]2c3ccc(O)cc3C[C@@H]2c2ccc(O)cc2)cc1)N1CC[C@@H](CF)C1. The highest BCUT2D eigenvalue weighted by molar-refractivity contribution is 5.90. The molecule has 1 aromatic heterocycles. The number of fused-ring (bicyclic) bond motifs is 2. The molecule has 15 rings (SSSR count). The molecule has 0 spiro atoms. The molecule has 2 aliphatic carbocycles. The van der Waals surface area contributed by atoms with Gasteiger partial charge in [0.05, 0.1) is 25.6 Å². The maximum absolute atomic E-state index is 13.0. The zero-order chi connectivity index (χ0) is 73.1. The van der Waals surface area contributed by atoms with E-state index in [2.05, 4.69) is 71.0 Å². The molecule has 3 fully saturated rings. The number of aromatic hydroxyl groups is 6. The molecule has 3 saturated heterocycles. The fraction of sp³-hybridized carbons (Fsp3) is 0.352. The van der Waals surface area contributed by atoms with E-state index in [1.165, 1.54) is 38.9 Å². The number of alkyl halides is 3. The third-order valence-corrected chi connectivity index (χ3v) is 22.1. The normalized spacial score (nSPS) is 20.9. The van der Waals surface area contributed by atoms with E-state index in [9.17, 15) is 43.8 Å². The lowest BCUT2D eigenvalue weighted by Gasteiger charge is -2.35. The molecule has 10 atom stereocenters. The summed E-state index contributed by atoms with van der Waals surface area (Å²) in [6.07, 6.45) is 5.48. The van der Waals surface area contributed by atoms with Crippen LogP contribution in [0, 0.1) is 17.8 Å². The molecule has 4 heterocycles. The average Bonchev–Trinajstić information content (AvgIpc) is 1.66. The Hall–Kier alpha value is -9.94. The fourth-order valence-electron chi connectivity index (χ4n) is 16.0. The molecule has 0 radical (unpaired) electrons. The van der Waals surface area contributed by atoms with Crippen molar-refractivity contribution >= 4 is 0 Å². The van der Waals surface area contributed by atoms with Crippen LogP contribution in [0.3, 0.4) is 0 Å². The van der Waals surface area contributed by atoms with Gasteiger partial charge in [-0.1, -0.05) is 78.0 Å². The van der Waals surface area contributed by atoms with Crippen LogP contribution in [0.5, 0.6) is 51.7 Å². The molecule has 0 saturated carbocycles. The van der Waals surface area contributed by atoms with Crippen LogP contribution in [0.4, 0.5) is 13.2 Å². The standard InChI is InChI=1S/C30H34FNO3.C29H29FN2O4.C29H32FNO3/c1-20(32-15-14-21(17-31)18-32)19-35-27-10-4-23(5-11-27)30-28(22-2-7-25(33)8-3-22)12-6-24-16-26(34)9-13-29(24)30;1-19(32-15-14-20(16-30)17-32)18-35-26-12-6-21(7-13-26)27-28(22-2-8-24(33)9-3-22)31-36-29(27)23-4-10-25(34)11-5-23;1-19(31-13-12-20(16-30)17-31)18-34-26-9-4-22(5-10-26)29-27-11-8-25(33)14-23(27)15-28(29)21-2-6-24(32)7-3-21/h2-5,7-11,13,16,20-21,28,30,33-34H,6,12,14-15,17-19H2,1H3;2-13,19-20,33-34H,14-18H2,1H3;2-11,14,19-20,28-29,32-33H,12-13,15-18H2,1H3/t20-,21-,28+,30-;19-,20-;19-,20-,28+,29+/m000/s1. The van der Waals surface area contributed by atoms with E-state index in [0.717, 1.165) is 123 Å². The maximum atomic E-state index is 13.0. The number of phenolic OH excluding ortho intramolecular Hbond substituents is 6. The van der Waals surface area contributed by atoms with Crippen LogP contribution >= 0.6 is 0 Å². The number of aryl methyl sites for hydroxylation is 1. The van der Waals surface area contributed by atoms with Crippen LogP contribution in [0.15, 0.2) is 211 Å². The van der Waals surface area contributed by atoms with Gasteiger partial charge in [-0.05, 0) is 274 Å². The van der Waals surface area contributed by atoms with Crippen molar-refractivity contribution in [3.05, 3.63) is 251 Å². The van der Waals surface area contributed by atoms with Gasteiger partial charge in [0.25, 0.3) is 0 Å². The maximum Gasteiger partial charge on any atom is 0.175 e. The van der Waals surface area contributed by atoms with Gasteiger partial charge in [0.2, 0.25) is 0 Å². The van der Waals surface area contributed by atoms with Crippen molar-refractivity contribution in [2.75, 3.05) is 79.1 Å². The third kappa shape index (κ3) is 17.7. The van der Waals surface area contributed by atoms with E-state index in [-0.39, 0.29) is 108 Å². The number of hydrogen-bond donors (Lipinski definition) is 6. The summed E-state index contributed by atoms with van der Waals surface area (Å²) in [5, 5.41) is 63.4. The van der Waals surface area contributed by atoms with Crippen molar-refractivity contribution in [1.29, 1.82) is 0 Å². The molecule has 548 valence electrons. The third-order valence-electron chi connectivity index (χ3n) is 22.1. The lowest BCUT2D eigenvalue weighted by Crippen LogP contribution is -2.35. The Labute approximate surface area is 613 Å². The fourth-order valence-corrected chi connectivity index (χ4v) is 16.0. The minimum absolute atomic E-state index is 0.140. The summed E-state index contributed by atoms with van der Waals surface area (Å²) in [6, 6.07) is 65.2. The Morgan fingerprint density at radius 3 is 1.18 bits per heavy atom. The van der Waals surface area contributed by atoms with Gasteiger partial charge in [-0.25, -0.2) is 0 Å². The second kappa shape index (κ2) is 33.9. The summed E-state index contributed by atoms with van der Waals surface area (Å²) in [4.78, 5) is 6.91. The molecule has 105 heavy (non-hydrogen) atoms. The van der Waals surface area contributed by atoms with Gasteiger partial charge in [0.15, 0.2) is 5.76 Å². The van der Waals surface area contributed by atoms with Gasteiger partial charge in [-0.3, -0.25) is 27.9 Å². The van der Waals surface area contributed by atoms with Gasteiger partial charge >= 0.3 is 0 Å². The average molecular weight is 1430 g/mol. The smallest absolute Gasteiger partial charge is 0.175 e. The Balaban J connectivity index is 0.000000140. The number of halogens is 3. The van der Waals surface area contributed by atoms with Crippen LogP contribution in [0.2, 0.25) is 0 Å². The Morgan fingerprint density at radius 2 is 0.752 bits per heavy atom. The highest BCUT2D eigenvalue weighted by atomic mass is 19.1. The molecule has 5 aliphatic rings. The number of nitrogens with zero attached hydrogens (tertiary/aromatic N) is 4. The first-order valence-electron chi connectivity index (χ1n) is 36.9. The Bertz CT molecular complexity index is 4370. The van der Waals surface area contributed by atoms with E-state index in [1.807, 2.05) is 91.0 Å². The van der Waals surface area contributed by atoms with E-state index in [0.29, 0.717) is 37.0 Å². The van der Waals surface area contributed by atoms with Crippen LogP contribution < -0.4 is 14.2 Å². The van der Waals surface area contributed by atoms with Crippen molar-refractivity contribution in [3.63, 3.8) is 0 Å². The second-order valence-corrected chi connectivity index (χ2v) is 29.2. The van der Waals surface area contributed by atoms with Crippen molar-refractivity contribution < 1.29 is 62.5 Å². The zero-order valence-corrected chi connectivity index (χ0v) is 59.9. The van der Waals surface area contributed by atoms with Crippen molar-refractivity contribution in [2.45, 2.75) is 101 Å². The molecule has 0 amide bonds. The first-order valence-corrected chi connectivity index (χ1v) is 36.9. The molecule has 0 bridgehead atoms. The first kappa shape index (κ1) is 73.4. The molecule has 14 nitrogen and oxygen atoms in total. The number of benzene rings is 9. The van der Waals surface area contributed by atoms with Crippen molar-refractivity contribution in [3.8, 4) is 85.5 Å². The highest BCUT2D eigenvalue weighted by Gasteiger charge is 2.37. The predicted molar refractivity (Wildman–Crippen MR) is 404 cm³/mol. The van der Waals surface area contributed by atoms with Gasteiger partial charge in [0, 0.05) is 78.5 Å². The van der Waals surface area contributed by atoms with Crippen LogP contribution in [-0.4, -0.2) is 148 Å². The van der Waals surface area contributed by atoms with Gasteiger partial charge in [-0.15, -0.1) is 0 Å². The molecule has 0 unspecified atom stereocenters. The summed E-state index contributed by atoms with van der Waals surface area (Å²) in [7, 11) is 0. The molecule has 3 aliphatic heterocycles. The van der Waals surface area contributed by atoms with Gasteiger partial charge in [-0.2, -0.15) is 0 Å². The molecular formula is C88H95F3N4O10. The molecule has 9 aromatic carbocycles.